The molecule has 0 aliphatic carbocycles. The van der Waals surface area contributed by atoms with Crippen LogP contribution in [0, 0.1) is 11.8 Å². The van der Waals surface area contributed by atoms with Crippen molar-refractivity contribution < 1.29 is 57.9 Å². The predicted molar refractivity (Wildman–Crippen MR) is 304 cm³/mol. The van der Waals surface area contributed by atoms with E-state index < -0.39 is 40.6 Å². The maximum absolute atomic E-state index is 12.7. The third-order valence-corrected chi connectivity index (χ3v) is 14.7. The Morgan fingerprint density at radius 2 is 1.09 bits per heavy atom. The Morgan fingerprint density at radius 3 is 1.53 bits per heavy atom. The first kappa shape index (κ1) is 67.5. The van der Waals surface area contributed by atoms with Crippen LogP contribution in [0.15, 0.2) is 24.3 Å². The highest BCUT2D eigenvalue weighted by Gasteiger charge is 2.46. The number of pyridine rings is 2. The summed E-state index contributed by atoms with van der Waals surface area (Å²) in [6, 6.07) is 8.55. The standard InChI is InChI=1S/C30H47N3O6.C25H39N3O4.C4H8O2.ClH/c1-6-38-27(35)25(21-22(2)34)30(37)15-19-32(20-16-30)17-9-7-8-12-24-14-13-23-11-10-18-33(26(23)31-24)28(36)39-29(3,4)5;1-3-32-24(30)22(18-19(2)29)25(31)12-16-28(17-13-25)15-6-4-5-9-21-11-10-20-8-7-14-26-23(20)27-21;1-3-6-4(2)5;/h13-14,25,37H,6-12,15-21H2,1-5H3;10-11,22,31H,3-9,12-18H2,1-2H3,(H,26,27);3H2,1-2H3;1H. The number of aromatic nitrogens is 2. The molecule has 18 nitrogen and oxygen atoms in total. The molecule has 0 bridgehead atoms. The summed E-state index contributed by atoms with van der Waals surface area (Å²) in [5, 5.41) is 25.7. The van der Waals surface area contributed by atoms with Crippen LogP contribution < -0.4 is 10.2 Å². The zero-order chi connectivity index (χ0) is 56.6. The van der Waals surface area contributed by atoms with Crippen molar-refractivity contribution in [1.29, 1.82) is 0 Å². The number of ether oxygens (including phenoxy) is 4. The van der Waals surface area contributed by atoms with E-state index in [2.05, 4.69) is 44.1 Å². The number of carbonyl (C=O) groups is 6. The Bertz CT molecular complexity index is 2210. The average Bonchev–Trinajstić information content (AvgIpc) is 3.37. The van der Waals surface area contributed by atoms with E-state index >= 15 is 0 Å². The molecule has 2 aromatic heterocycles. The van der Waals surface area contributed by atoms with Gasteiger partial charge in [-0.05, 0) is 182 Å². The highest BCUT2D eigenvalue weighted by atomic mass is 35.5. The first-order valence-corrected chi connectivity index (χ1v) is 28.7. The largest absolute Gasteiger partial charge is 0.466 e. The lowest BCUT2D eigenvalue weighted by atomic mass is 9.77. The van der Waals surface area contributed by atoms with Gasteiger partial charge in [0, 0.05) is 70.4 Å². The van der Waals surface area contributed by atoms with E-state index in [1.807, 2.05) is 20.8 Å². The van der Waals surface area contributed by atoms with Crippen LogP contribution in [0.3, 0.4) is 0 Å². The molecule has 4 aliphatic heterocycles. The van der Waals surface area contributed by atoms with Gasteiger partial charge >= 0.3 is 24.0 Å². The molecule has 19 heteroatoms. The Hall–Kier alpha value is -4.75. The zero-order valence-electron chi connectivity index (χ0n) is 48.6. The number of ketones is 2. The summed E-state index contributed by atoms with van der Waals surface area (Å²) >= 11 is 0. The number of unbranched alkanes of at least 4 members (excludes halogenated alkanes) is 4. The van der Waals surface area contributed by atoms with E-state index in [1.165, 1.54) is 32.8 Å². The Kier molecular flexibility index (Phi) is 29.2. The van der Waals surface area contributed by atoms with Gasteiger partial charge in [0.25, 0.3) is 0 Å². The molecule has 6 rings (SSSR count). The number of hydrogen-bond acceptors (Lipinski definition) is 17. The van der Waals surface area contributed by atoms with Gasteiger partial charge in [-0.3, -0.25) is 19.3 Å². The summed E-state index contributed by atoms with van der Waals surface area (Å²) in [6.07, 6.45) is 14.0. The van der Waals surface area contributed by atoms with Crippen molar-refractivity contribution in [3.8, 4) is 0 Å². The molecule has 3 N–H and O–H groups in total. The van der Waals surface area contributed by atoms with Crippen LogP contribution in [0.4, 0.5) is 16.4 Å². The molecule has 0 saturated carbocycles. The second-order valence-electron chi connectivity index (χ2n) is 22.2. The lowest BCUT2D eigenvalue weighted by Gasteiger charge is -2.41. The third-order valence-electron chi connectivity index (χ3n) is 14.7. The van der Waals surface area contributed by atoms with Crippen molar-refractivity contribution in [2.24, 2.45) is 11.8 Å². The third kappa shape index (κ3) is 22.8. The monoisotopic (exact) mass is 1110 g/mol. The summed E-state index contributed by atoms with van der Waals surface area (Å²) in [5.41, 5.74) is 1.68. The van der Waals surface area contributed by atoms with Crippen LogP contribution in [0.5, 0.6) is 0 Å². The second kappa shape index (κ2) is 33.7. The van der Waals surface area contributed by atoms with E-state index in [0.29, 0.717) is 51.9 Å². The van der Waals surface area contributed by atoms with Crippen molar-refractivity contribution in [3.63, 3.8) is 0 Å². The molecule has 2 atom stereocenters. The zero-order valence-corrected chi connectivity index (χ0v) is 49.4. The molecular formula is C59H95ClN6O12. The summed E-state index contributed by atoms with van der Waals surface area (Å²) in [4.78, 5) is 86.7. The Balaban J connectivity index is 0.000000372. The second-order valence-corrected chi connectivity index (χ2v) is 22.2. The maximum Gasteiger partial charge on any atom is 0.416 e. The molecule has 2 aromatic rings. The minimum Gasteiger partial charge on any atom is -0.466 e. The van der Waals surface area contributed by atoms with Crippen LogP contribution in [-0.4, -0.2) is 155 Å². The Labute approximate surface area is 471 Å². The van der Waals surface area contributed by atoms with Crippen molar-refractivity contribution in [2.45, 2.75) is 195 Å². The number of aryl methyl sites for hydroxylation is 4. The number of Topliss-reactive ketones (excluding diaryl/α,β-unsaturated/α-hetero) is 2. The van der Waals surface area contributed by atoms with Gasteiger partial charge in [-0.1, -0.05) is 25.0 Å². The number of likely N-dealkylation sites (tertiary alicyclic amines) is 2. The molecular weight excluding hydrogens is 1020 g/mol. The molecule has 0 aromatic carbocycles. The minimum atomic E-state index is -1.19. The first-order valence-electron chi connectivity index (χ1n) is 28.7. The number of fused-ring (bicyclic) bond motifs is 2. The number of anilines is 2. The molecule has 2 fully saturated rings. The molecule has 0 spiro atoms. The fourth-order valence-electron chi connectivity index (χ4n) is 10.5. The van der Waals surface area contributed by atoms with Gasteiger partial charge < -0.3 is 53.9 Å². The fraction of sp³-hybridized carbons (Fsp3) is 0.729. The Morgan fingerprint density at radius 1 is 0.628 bits per heavy atom. The summed E-state index contributed by atoms with van der Waals surface area (Å²) < 4.78 is 20.3. The van der Waals surface area contributed by atoms with E-state index in [4.69, 9.17) is 24.2 Å². The number of aliphatic hydroxyl groups is 2. The van der Waals surface area contributed by atoms with Crippen LogP contribution in [0.2, 0.25) is 0 Å². The fourth-order valence-corrected chi connectivity index (χ4v) is 10.5. The normalized spacial score (nSPS) is 17.5. The van der Waals surface area contributed by atoms with E-state index in [-0.39, 0.29) is 62.1 Å². The van der Waals surface area contributed by atoms with Gasteiger partial charge in [-0.25, -0.2) is 14.8 Å². The number of halogens is 1. The molecule has 440 valence electrons. The number of esters is 3. The highest BCUT2D eigenvalue weighted by Crippen LogP contribution is 2.35. The minimum absolute atomic E-state index is 0. The number of amides is 1. The number of piperidine rings is 2. The van der Waals surface area contributed by atoms with Gasteiger partial charge in [-0.15, -0.1) is 12.4 Å². The van der Waals surface area contributed by atoms with E-state index in [9.17, 15) is 39.0 Å². The number of carbonyl (C=O) groups excluding carboxylic acids is 6. The molecule has 6 heterocycles. The topological polar surface area (TPSA) is 227 Å². The molecule has 4 aliphatic rings. The van der Waals surface area contributed by atoms with Gasteiger partial charge in [0.1, 0.15) is 28.8 Å². The van der Waals surface area contributed by atoms with Crippen LogP contribution in [-0.2, 0) is 68.6 Å². The summed E-state index contributed by atoms with van der Waals surface area (Å²) in [6.45, 7) is 22.6. The molecule has 2 unspecified atom stereocenters. The number of nitrogens with one attached hydrogen (secondary N) is 1. The van der Waals surface area contributed by atoms with Gasteiger partial charge in [0.05, 0.1) is 42.9 Å². The van der Waals surface area contributed by atoms with Crippen molar-refractivity contribution in [2.75, 3.05) is 82.4 Å². The van der Waals surface area contributed by atoms with E-state index in [1.54, 1.807) is 25.7 Å². The van der Waals surface area contributed by atoms with E-state index in [0.717, 1.165) is 132 Å². The maximum atomic E-state index is 12.7. The van der Waals surface area contributed by atoms with Crippen molar-refractivity contribution >= 4 is 59.6 Å². The van der Waals surface area contributed by atoms with Gasteiger partial charge in [-0.2, -0.15) is 0 Å². The smallest absolute Gasteiger partial charge is 0.416 e. The molecule has 1 amide bonds. The van der Waals surface area contributed by atoms with Crippen LogP contribution in [0.1, 0.15) is 175 Å². The molecule has 0 radical (unpaired) electrons. The number of hydrogen-bond donors (Lipinski definition) is 3. The number of rotatable bonds is 23. The number of nitrogens with zero attached hydrogens (tertiary/aromatic N) is 5. The summed E-state index contributed by atoms with van der Waals surface area (Å²) in [5.74, 6) is -1.11. The average molecular weight is 1120 g/mol. The van der Waals surface area contributed by atoms with Crippen LogP contribution in [0.25, 0.3) is 0 Å². The highest BCUT2D eigenvalue weighted by molar-refractivity contribution is 5.88. The molecule has 2 saturated heterocycles. The van der Waals surface area contributed by atoms with Crippen molar-refractivity contribution in [3.05, 3.63) is 46.8 Å². The van der Waals surface area contributed by atoms with Crippen LogP contribution >= 0.6 is 12.4 Å². The van der Waals surface area contributed by atoms with Crippen molar-refractivity contribution in [1.82, 2.24) is 19.8 Å². The first-order chi connectivity index (χ1) is 36.6. The molecule has 78 heavy (non-hydrogen) atoms. The SMILES string of the molecule is CCOC(=O)C(CC(C)=O)C1(O)CCN(CCCCCc2ccc3c(n2)N(C(=O)OC(C)(C)C)CCC3)CC1.CCOC(=O)C(CC(C)=O)C1(O)CCN(CCCCCc2ccc3c(n2)NCCC3)CC1.CCOC(C)=O.Cl. The predicted octanol–water partition coefficient (Wildman–Crippen LogP) is 8.60. The lowest BCUT2D eigenvalue weighted by molar-refractivity contribution is -0.165. The summed E-state index contributed by atoms with van der Waals surface area (Å²) in [7, 11) is 0. The quantitative estimate of drug-likeness (QED) is 0.0538. The van der Waals surface area contributed by atoms with Gasteiger partial charge in [0.2, 0.25) is 0 Å². The van der Waals surface area contributed by atoms with Gasteiger partial charge in [0.15, 0.2) is 0 Å². The lowest BCUT2D eigenvalue weighted by Crippen LogP contribution is -2.52.